The Hall–Kier alpha value is -0.280. The lowest BCUT2D eigenvalue weighted by Crippen LogP contribution is -2.41. The molecule has 2 N–H and O–H groups in total. The van der Waals surface area contributed by atoms with E-state index in [4.69, 9.17) is 11.6 Å². The van der Waals surface area contributed by atoms with Gasteiger partial charge in [-0.1, -0.05) is 0 Å². The summed E-state index contributed by atoms with van der Waals surface area (Å²) in [5, 5.41) is 6.53. The fourth-order valence-electron chi connectivity index (χ4n) is 2.61. The number of rotatable bonds is 3. The second-order valence-electron chi connectivity index (χ2n) is 4.38. The van der Waals surface area contributed by atoms with Gasteiger partial charge in [-0.15, -0.1) is 11.6 Å². The van der Waals surface area contributed by atoms with Gasteiger partial charge in [-0.3, -0.25) is 4.79 Å². The van der Waals surface area contributed by atoms with E-state index in [9.17, 15) is 4.79 Å². The normalized spacial score (nSPS) is 35.6. The highest BCUT2D eigenvalue weighted by molar-refractivity contribution is 6.18. The molecule has 2 rings (SSSR count). The van der Waals surface area contributed by atoms with Crippen LogP contribution in [0.15, 0.2) is 0 Å². The molecule has 2 bridgehead atoms. The van der Waals surface area contributed by atoms with Gasteiger partial charge in [0.25, 0.3) is 0 Å². The smallest absolute Gasteiger partial charge is 0.221 e. The topological polar surface area (TPSA) is 41.1 Å². The van der Waals surface area contributed by atoms with Crippen LogP contribution in [-0.4, -0.2) is 30.4 Å². The van der Waals surface area contributed by atoms with Crippen molar-refractivity contribution in [1.82, 2.24) is 10.6 Å². The van der Waals surface area contributed by atoms with Gasteiger partial charge in [-0.2, -0.15) is 0 Å². The summed E-state index contributed by atoms with van der Waals surface area (Å²) in [5.74, 6) is 1.30. The Morgan fingerprint density at radius 2 is 2.29 bits per heavy atom. The third-order valence-electron chi connectivity index (χ3n) is 3.19. The molecule has 2 aliphatic rings. The Morgan fingerprint density at radius 1 is 1.43 bits per heavy atom. The molecule has 0 spiro atoms. The zero-order chi connectivity index (χ0) is 9.97. The zero-order valence-corrected chi connectivity index (χ0v) is 9.02. The fourth-order valence-corrected chi connectivity index (χ4v) is 2.78. The van der Waals surface area contributed by atoms with Gasteiger partial charge in [0.2, 0.25) is 5.91 Å². The Bertz CT molecular complexity index is 210. The molecule has 1 aliphatic heterocycles. The van der Waals surface area contributed by atoms with Crippen molar-refractivity contribution in [1.29, 1.82) is 0 Å². The first-order chi connectivity index (χ1) is 6.78. The van der Waals surface area contributed by atoms with Crippen LogP contribution in [0.4, 0.5) is 0 Å². The standard InChI is InChI=1S/C10H17ClN2O/c11-2-1-10(14)13-9-4-7-3-8(5-9)12-6-7/h7-9,12H,1-6H2,(H,13,14). The quantitative estimate of drug-likeness (QED) is 0.688. The minimum absolute atomic E-state index is 0.103. The van der Waals surface area contributed by atoms with Gasteiger partial charge < -0.3 is 10.6 Å². The summed E-state index contributed by atoms with van der Waals surface area (Å²) in [6, 6.07) is 1.01. The molecule has 0 radical (unpaired) electrons. The average Bonchev–Trinajstić information content (AvgIpc) is 2.46. The largest absolute Gasteiger partial charge is 0.353 e. The van der Waals surface area contributed by atoms with Crippen LogP contribution >= 0.6 is 11.6 Å². The lowest BCUT2D eigenvalue weighted by atomic mass is 9.86. The number of hydrogen-bond acceptors (Lipinski definition) is 2. The Kier molecular flexibility index (Phi) is 3.29. The number of alkyl halides is 1. The number of carbonyl (C=O) groups is 1. The molecule has 3 atom stereocenters. The summed E-state index contributed by atoms with van der Waals surface area (Å²) in [7, 11) is 0. The monoisotopic (exact) mass is 216 g/mol. The third kappa shape index (κ3) is 2.39. The van der Waals surface area contributed by atoms with Crippen molar-refractivity contribution >= 4 is 17.5 Å². The van der Waals surface area contributed by atoms with Crippen molar-refractivity contribution < 1.29 is 4.79 Å². The van der Waals surface area contributed by atoms with Gasteiger partial charge in [0, 0.05) is 24.4 Å². The second-order valence-corrected chi connectivity index (χ2v) is 4.76. The molecule has 1 amide bonds. The van der Waals surface area contributed by atoms with E-state index in [0.29, 0.717) is 24.4 Å². The molecule has 1 aliphatic carbocycles. The van der Waals surface area contributed by atoms with Crippen molar-refractivity contribution in [2.24, 2.45) is 5.92 Å². The van der Waals surface area contributed by atoms with E-state index < -0.39 is 0 Å². The molecule has 14 heavy (non-hydrogen) atoms. The summed E-state index contributed by atoms with van der Waals surface area (Å²) in [6.45, 7) is 1.13. The van der Waals surface area contributed by atoms with Crippen molar-refractivity contribution in [2.75, 3.05) is 12.4 Å². The van der Waals surface area contributed by atoms with E-state index in [2.05, 4.69) is 10.6 Å². The lowest BCUT2D eigenvalue weighted by Gasteiger charge is -2.27. The van der Waals surface area contributed by atoms with Gasteiger partial charge in [0.15, 0.2) is 0 Å². The second kappa shape index (κ2) is 4.49. The predicted octanol–water partition coefficient (Wildman–Crippen LogP) is 0.872. The highest BCUT2D eigenvalue weighted by Gasteiger charge is 2.34. The van der Waals surface area contributed by atoms with Crippen LogP contribution < -0.4 is 10.6 Å². The van der Waals surface area contributed by atoms with Crippen molar-refractivity contribution in [3.05, 3.63) is 0 Å². The maximum Gasteiger partial charge on any atom is 0.221 e. The Labute approximate surface area is 89.6 Å². The Morgan fingerprint density at radius 3 is 3.00 bits per heavy atom. The molecular weight excluding hydrogens is 200 g/mol. The van der Waals surface area contributed by atoms with Crippen LogP contribution in [0.3, 0.4) is 0 Å². The first-order valence-electron chi connectivity index (χ1n) is 5.36. The SMILES string of the molecule is O=C(CCCl)NC1CC2CNC(C2)C1. The van der Waals surface area contributed by atoms with Gasteiger partial charge in [-0.05, 0) is 31.7 Å². The Balaban J connectivity index is 1.79. The molecule has 1 saturated heterocycles. The molecule has 1 saturated carbocycles. The van der Waals surface area contributed by atoms with Crippen LogP contribution in [0.2, 0.25) is 0 Å². The predicted molar refractivity (Wildman–Crippen MR) is 56.4 cm³/mol. The van der Waals surface area contributed by atoms with Crippen LogP contribution in [0.1, 0.15) is 25.7 Å². The lowest BCUT2D eigenvalue weighted by molar-refractivity contribution is -0.121. The average molecular weight is 217 g/mol. The summed E-state index contributed by atoms with van der Waals surface area (Å²) in [5.41, 5.74) is 0. The van der Waals surface area contributed by atoms with E-state index in [1.54, 1.807) is 0 Å². The first kappa shape index (κ1) is 10.2. The van der Waals surface area contributed by atoms with E-state index in [0.717, 1.165) is 25.3 Å². The number of carbonyl (C=O) groups excluding carboxylic acids is 1. The molecule has 2 fully saturated rings. The van der Waals surface area contributed by atoms with E-state index in [1.807, 2.05) is 0 Å². The van der Waals surface area contributed by atoms with Crippen LogP contribution in [0.25, 0.3) is 0 Å². The van der Waals surface area contributed by atoms with Crippen LogP contribution in [-0.2, 0) is 4.79 Å². The van der Waals surface area contributed by atoms with E-state index >= 15 is 0 Å². The summed E-state index contributed by atoms with van der Waals surface area (Å²) >= 11 is 5.51. The maximum absolute atomic E-state index is 11.3. The van der Waals surface area contributed by atoms with Crippen molar-refractivity contribution in [2.45, 2.75) is 37.8 Å². The number of amides is 1. The van der Waals surface area contributed by atoms with E-state index in [-0.39, 0.29) is 5.91 Å². The fraction of sp³-hybridized carbons (Fsp3) is 0.900. The minimum Gasteiger partial charge on any atom is -0.353 e. The molecule has 1 heterocycles. The number of fused-ring (bicyclic) bond motifs is 2. The number of nitrogens with one attached hydrogen (secondary N) is 2. The number of hydrogen-bond donors (Lipinski definition) is 2. The summed E-state index contributed by atoms with van der Waals surface area (Å²) < 4.78 is 0. The molecule has 3 nitrogen and oxygen atoms in total. The highest BCUT2D eigenvalue weighted by Crippen LogP contribution is 2.29. The van der Waals surface area contributed by atoms with Crippen molar-refractivity contribution in [3.63, 3.8) is 0 Å². The minimum atomic E-state index is 0.103. The van der Waals surface area contributed by atoms with Gasteiger partial charge >= 0.3 is 0 Å². The first-order valence-corrected chi connectivity index (χ1v) is 5.90. The molecule has 0 aromatic rings. The molecule has 3 unspecified atom stereocenters. The summed E-state index contributed by atoms with van der Waals surface area (Å²) in [6.07, 6.45) is 3.96. The summed E-state index contributed by atoms with van der Waals surface area (Å²) in [4.78, 5) is 11.3. The van der Waals surface area contributed by atoms with Gasteiger partial charge in [0.05, 0.1) is 0 Å². The molecule has 4 heteroatoms. The highest BCUT2D eigenvalue weighted by atomic mass is 35.5. The molecule has 80 valence electrons. The van der Waals surface area contributed by atoms with Crippen LogP contribution in [0.5, 0.6) is 0 Å². The molecule has 0 aromatic carbocycles. The maximum atomic E-state index is 11.3. The van der Waals surface area contributed by atoms with E-state index in [1.165, 1.54) is 6.42 Å². The molecule has 0 aromatic heterocycles. The van der Waals surface area contributed by atoms with Gasteiger partial charge in [0.1, 0.15) is 0 Å². The number of halogens is 1. The molecular formula is C10H17ClN2O. The third-order valence-corrected chi connectivity index (χ3v) is 3.38. The van der Waals surface area contributed by atoms with Crippen molar-refractivity contribution in [3.8, 4) is 0 Å². The van der Waals surface area contributed by atoms with Crippen LogP contribution in [0, 0.1) is 5.92 Å². The van der Waals surface area contributed by atoms with Gasteiger partial charge in [-0.25, -0.2) is 0 Å². The zero-order valence-electron chi connectivity index (χ0n) is 8.26.